The van der Waals surface area contributed by atoms with E-state index < -0.39 is 11.8 Å². The van der Waals surface area contributed by atoms with E-state index in [0.717, 1.165) is 5.56 Å². The van der Waals surface area contributed by atoms with Crippen molar-refractivity contribution in [3.63, 3.8) is 0 Å². The first kappa shape index (κ1) is 24.1. The van der Waals surface area contributed by atoms with Crippen molar-refractivity contribution in [3.8, 4) is 11.5 Å². The van der Waals surface area contributed by atoms with Crippen LogP contribution in [-0.4, -0.2) is 24.6 Å². The molecule has 0 aromatic heterocycles. The van der Waals surface area contributed by atoms with E-state index in [1.165, 1.54) is 6.21 Å². The molecule has 3 aromatic rings. The van der Waals surface area contributed by atoms with E-state index in [4.69, 9.17) is 32.7 Å². The van der Waals surface area contributed by atoms with Gasteiger partial charge in [0.05, 0.1) is 12.8 Å². The van der Waals surface area contributed by atoms with Crippen molar-refractivity contribution < 1.29 is 19.1 Å². The van der Waals surface area contributed by atoms with Crippen LogP contribution in [0.15, 0.2) is 71.8 Å². The fourth-order valence-corrected chi connectivity index (χ4v) is 2.92. The molecule has 0 fully saturated rings. The van der Waals surface area contributed by atoms with Crippen LogP contribution in [0.5, 0.6) is 11.5 Å². The quantitative estimate of drug-likeness (QED) is 0.265. The van der Waals surface area contributed by atoms with Gasteiger partial charge in [-0.15, -0.1) is 0 Å². The second kappa shape index (κ2) is 11.9. The molecule has 170 valence electrons. The third-order valence-corrected chi connectivity index (χ3v) is 4.77. The molecule has 33 heavy (non-hydrogen) atoms. The number of ether oxygens (including phenoxy) is 2. The standard InChI is InChI=1S/C24H21Cl2N3O4/c1-2-32-22-13-17(5-12-21(22)33-15-16-3-6-18(25)7-4-16)14-27-29-24(31)23(30)28-20-10-8-19(26)9-11-20/h3-14H,2,15H2,1H3,(H,28,30)(H,29,31). The summed E-state index contributed by atoms with van der Waals surface area (Å²) in [6, 6.07) is 19.0. The Kier molecular flexibility index (Phi) is 8.69. The minimum Gasteiger partial charge on any atom is -0.490 e. The summed E-state index contributed by atoms with van der Waals surface area (Å²) >= 11 is 11.7. The summed E-state index contributed by atoms with van der Waals surface area (Å²) in [6.07, 6.45) is 1.40. The van der Waals surface area contributed by atoms with Crippen LogP contribution >= 0.6 is 23.2 Å². The molecule has 2 N–H and O–H groups in total. The lowest BCUT2D eigenvalue weighted by molar-refractivity contribution is -0.136. The SMILES string of the molecule is CCOc1cc(C=NNC(=O)C(=O)Nc2ccc(Cl)cc2)ccc1OCc1ccc(Cl)cc1. The maximum atomic E-state index is 12.0. The Morgan fingerprint density at radius 1 is 0.879 bits per heavy atom. The third kappa shape index (κ3) is 7.52. The zero-order chi connectivity index (χ0) is 23.6. The number of hydrogen-bond acceptors (Lipinski definition) is 5. The van der Waals surface area contributed by atoms with Gasteiger partial charge in [-0.3, -0.25) is 9.59 Å². The van der Waals surface area contributed by atoms with Crippen molar-refractivity contribution in [2.45, 2.75) is 13.5 Å². The van der Waals surface area contributed by atoms with Gasteiger partial charge < -0.3 is 14.8 Å². The van der Waals surface area contributed by atoms with Gasteiger partial charge in [0.2, 0.25) is 0 Å². The zero-order valence-electron chi connectivity index (χ0n) is 17.7. The first-order valence-electron chi connectivity index (χ1n) is 9.98. The lowest BCUT2D eigenvalue weighted by atomic mass is 10.2. The van der Waals surface area contributed by atoms with Crippen LogP contribution in [0, 0.1) is 0 Å². The van der Waals surface area contributed by atoms with Crippen LogP contribution in [0.25, 0.3) is 0 Å². The molecule has 0 aliphatic rings. The van der Waals surface area contributed by atoms with Crippen LogP contribution in [0.3, 0.4) is 0 Å². The first-order chi connectivity index (χ1) is 15.9. The molecule has 3 aromatic carbocycles. The van der Waals surface area contributed by atoms with Crippen molar-refractivity contribution >= 4 is 46.9 Å². The number of halogens is 2. The van der Waals surface area contributed by atoms with Crippen LogP contribution in [0.1, 0.15) is 18.1 Å². The summed E-state index contributed by atoms with van der Waals surface area (Å²) in [7, 11) is 0. The predicted molar refractivity (Wildman–Crippen MR) is 129 cm³/mol. The molecule has 7 nitrogen and oxygen atoms in total. The highest BCUT2D eigenvalue weighted by Gasteiger charge is 2.13. The molecule has 0 heterocycles. The number of rotatable bonds is 8. The van der Waals surface area contributed by atoms with Gasteiger partial charge in [0.1, 0.15) is 6.61 Å². The van der Waals surface area contributed by atoms with Crippen molar-refractivity contribution in [1.82, 2.24) is 5.43 Å². The van der Waals surface area contributed by atoms with E-state index in [1.807, 2.05) is 19.1 Å². The summed E-state index contributed by atoms with van der Waals surface area (Å²) in [5.74, 6) is -0.665. The van der Waals surface area contributed by atoms with Crippen LogP contribution in [-0.2, 0) is 16.2 Å². The van der Waals surface area contributed by atoms with Gasteiger partial charge in [0.15, 0.2) is 11.5 Å². The van der Waals surface area contributed by atoms with Crippen LogP contribution in [0.4, 0.5) is 5.69 Å². The highest BCUT2D eigenvalue weighted by molar-refractivity contribution is 6.39. The van der Waals surface area contributed by atoms with E-state index in [9.17, 15) is 9.59 Å². The minimum atomic E-state index is -0.908. The molecular weight excluding hydrogens is 465 g/mol. The lowest BCUT2D eigenvalue weighted by Gasteiger charge is -2.12. The van der Waals surface area contributed by atoms with Gasteiger partial charge >= 0.3 is 11.8 Å². The smallest absolute Gasteiger partial charge is 0.329 e. The van der Waals surface area contributed by atoms with Crippen molar-refractivity contribution in [2.24, 2.45) is 5.10 Å². The summed E-state index contributed by atoms with van der Waals surface area (Å²) in [6.45, 7) is 2.66. The minimum absolute atomic E-state index is 0.351. The normalized spacial score (nSPS) is 10.6. The molecule has 0 unspecified atom stereocenters. The molecule has 0 radical (unpaired) electrons. The number of hydrogen-bond donors (Lipinski definition) is 2. The molecule has 0 aliphatic carbocycles. The highest BCUT2D eigenvalue weighted by atomic mass is 35.5. The Balaban J connectivity index is 1.58. The van der Waals surface area contributed by atoms with Crippen LogP contribution < -0.4 is 20.2 Å². The first-order valence-corrected chi connectivity index (χ1v) is 10.7. The number of nitrogens with zero attached hydrogens (tertiary/aromatic N) is 1. The van der Waals surface area contributed by atoms with E-state index in [1.54, 1.807) is 54.6 Å². The maximum Gasteiger partial charge on any atom is 0.329 e. The summed E-state index contributed by atoms with van der Waals surface area (Å²) in [5.41, 5.74) is 4.25. The number of carbonyl (C=O) groups is 2. The van der Waals surface area contributed by atoms with Gasteiger partial charge in [0.25, 0.3) is 0 Å². The maximum absolute atomic E-state index is 12.0. The van der Waals surface area contributed by atoms with Gasteiger partial charge in [-0.25, -0.2) is 5.43 Å². The molecule has 2 amide bonds. The zero-order valence-corrected chi connectivity index (χ0v) is 19.2. The molecule has 0 spiro atoms. The molecule has 0 atom stereocenters. The fraction of sp³-hybridized carbons (Fsp3) is 0.125. The second-order valence-electron chi connectivity index (χ2n) is 6.71. The van der Waals surface area contributed by atoms with Crippen molar-refractivity contribution in [2.75, 3.05) is 11.9 Å². The Morgan fingerprint density at radius 3 is 2.21 bits per heavy atom. The van der Waals surface area contributed by atoms with Crippen molar-refractivity contribution in [1.29, 1.82) is 0 Å². The molecule has 0 saturated carbocycles. The molecule has 0 saturated heterocycles. The largest absolute Gasteiger partial charge is 0.490 e. The molecular formula is C24H21Cl2N3O4. The Hall–Kier alpha value is -3.55. The van der Waals surface area contributed by atoms with Gasteiger partial charge in [-0.1, -0.05) is 35.3 Å². The monoisotopic (exact) mass is 485 g/mol. The number of carbonyl (C=O) groups excluding carboxylic acids is 2. The second-order valence-corrected chi connectivity index (χ2v) is 7.59. The van der Waals surface area contributed by atoms with E-state index in [2.05, 4.69) is 15.8 Å². The Morgan fingerprint density at radius 2 is 1.55 bits per heavy atom. The fourth-order valence-electron chi connectivity index (χ4n) is 2.67. The van der Waals surface area contributed by atoms with Crippen LogP contribution in [0.2, 0.25) is 10.0 Å². The predicted octanol–water partition coefficient (Wildman–Crippen LogP) is 5.06. The van der Waals surface area contributed by atoms with E-state index in [-0.39, 0.29) is 0 Å². The van der Waals surface area contributed by atoms with Crippen molar-refractivity contribution in [3.05, 3.63) is 87.9 Å². The molecule has 0 aliphatic heterocycles. The summed E-state index contributed by atoms with van der Waals surface area (Å²) in [4.78, 5) is 23.9. The molecule has 0 bridgehead atoms. The third-order valence-electron chi connectivity index (χ3n) is 4.26. The summed E-state index contributed by atoms with van der Waals surface area (Å²) in [5, 5.41) is 7.47. The number of amides is 2. The molecule has 9 heteroatoms. The number of hydrazone groups is 1. The molecule has 3 rings (SSSR count). The van der Waals surface area contributed by atoms with Gasteiger partial charge in [0, 0.05) is 15.7 Å². The average Bonchev–Trinajstić information content (AvgIpc) is 2.81. The average molecular weight is 486 g/mol. The summed E-state index contributed by atoms with van der Waals surface area (Å²) < 4.78 is 11.5. The number of anilines is 1. The lowest BCUT2D eigenvalue weighted by Crippen LogP contribution is -2.32. The van der Waals surface area contributed by atoms with Gasteiger partial charge in [-0.2, -0.15) is 5.10 Å². The Labute approximate surface area is 201 Å². The van der Waals surface area contributed by atoms with E-state index in [0.29, 0.717) is 46.0 Å². The highest BCUT2D eigenvalue weighted by Crippen LogP contribution is 2.29. The topological polar surface area (TPSA) is 89.0 Å². The Bertz CT molecular complexity index is 1130. The van der Waals surface area contributed by atoms with E-state index >= 15 is 0 Å². The number of benzene rings is 3. The van der Waals surface area contributed by atoms with Gasteiger partial charge in [-0.05, 0) is 72.6 Å². The number of nitrogens with one attached hydrogen (secondary N) is 2.